The molecule has 9 heteroatoms. The van der Waals surface area contributed by atoms with Crippen molar-refractivity contribution < 1.29 is 28.6 Å². The second-order valence-electron chi connectivity index (χ2n) is 8.99. The first kappa shape index (κ1) is 25.3. The first-order chi connectivity index (χ1) is 16.2. The monoisotopic (exact) mass is 472 g/mol. The summed E-state index contributed by atoms with van der Waals surface area (Å²) in [4.78, 5) is 47.6. The number of aliphatic carboxylic acids is 1. The van der Waals surface area contributed by atoms with Crippen LogP contribution in [-0.4, -0.2) is 42.1 Å². The summed E-state index contributed by atoms with van der Waals surface area (Å²) in [5.41, 5.74) is 2.69. The molecule has 0 bridgehead atoms. The number of nitrogens with one attached hydrogen (secondary N) is 2. The van der Waals surface area contributed by atoms with E-state index in [-0.39, 0.29) is 42.9 Å². The van der Waals surface area contributed by atoms with Gasteiger partial charge in [-0.05, 0) is 62.6 Å². The molecule has 0 aliphatic heterocycles. The van der Waals surface area contributed by atoms with Crippen LogP contribution in [0.2, 0.25) is 0 Å². The van der Waals surface area contributed by atoms with E-state index in [4.69, 9.17) is 14.3 Å². The van der Waals surface area contributed by atoms with Crippen molar-refractivity contribution in [2.24, 2.45) is 5.92 Å². The predicted molar refractivity (Wildman–Crippen MR) is 126 cm³/mol. The first-order valence-corrected chi connectivity index (χ1v) is 11.7. The Kier molecular flexibility index (Phi) is 8.31. The van der Waals surface area contributed by atoms with Gasteiger partial charge in [0.2, 0.25) is 5.91 Å². The van der Waals surface area contributed by atoms with Crippen molar-refractivity contribution >= 4 is 28.8 Å². The molecule has 9 nitrogen and oxygen atoms in total. The maximum atomic E-state index is 12.4. The van der Waals surface area contributed by atoms with Gasteiger partial charge in [-0.1, -0.05) is 13.8 Å². The van der Waals surface area contributed by atoms with E-state index in [1.807, 2.05) is 6.07 Å². The number of rotatable bonds is 10. The predicted octanol–water partition coefficient (Wildman–Crippen LogP) is 2.48. The number of aryl methyl sites for hydroxylation is 2. The fourth-order valence-electron chi connectivity index (χ4n) is 4.21. The highest BCUT2D eigenvalue weighted by molar-refractivity contribution is 5.86. The van der Waals surface area contributed by atoms with Crippen LogP contribution in [-0.2, 0) is 27.2 Å². The van der Waals surface area contributed by atoms with Gasteiger partial charge in [0.15, 0.2) is 6.61 Å². The van der Waals surface area contributed by atoms with Crippen LogP contribution in [0.25, 0.3) is 11.0 Å². The summed E-state index contributed by atoms with van der Waals surface area (Å²) < 4.78 is 11.2. The molecular formula is C25H32N2O7. The second-order valence-corrected chi connectivity index (χ2v) is 8.99. The van der Waals surface area contributed by atoms with E-state index in [0.717, 1.165) is 42.2 Å². The Balaban J connectivity index is 1.50. The van der Waals surface area contributed by atoms with Crippen molar-refractivity contribution in [3.05, 3.63) is 39.2 Å². The van der Waals surface area contributed by atoms with Crippen LogP contribution in [0.4, 0.5) is 0 Å². The molecule has 1 aliphatic carbocycles. The van der Waals surface area contributed by atoms with Gasteiger partial charge < -0.3 is 24.9 Å². The van der Waals surface area contributed by atoms with Gasteiger partial charge in [0.25, 0.3) is 5.91 Å². The molecule has 34 heavy (non-hydrogen) atoms. The zero-order chi connectivity index (χ0) is 24.8. The number of amides is 2. The van der Waals surface area contributed by atoms with Gasteiger partial charge in [-0.3, -0.25) is 9.59 Å². The van der Waals surface area contributed by atoms with E-state index in [0.29, 0.717) is 23.3 Å². The van der Waals surface area contributed by atoms with Gasteiger partial charge >= 0.3 is 11.6 Å². The Hall–Kier alpha value is -3.36. The lowest BCUT2D eigenvalue weighted by molar-refractivity contribution is -0.143. The quantitative estimate of drug-likeness (QED) is 0.357. The summed E-state index contributed by atoms with van der Waals surface area (Å²) >= 11 is 0. The summed E-state index contributed by atoms with van der Waals surface area (Å²) in [7, 11) is 0. The topological polar surface area (TPSA) is 135 Å². The van der Waals surface area contributed by atoms with Gasteiger partial charge in [0.1, 0.15) is 17.4 Å². The molecule has 0 saturated heterocycles. The highest BCUT2D eigenvalue weighted by Crippen LogP contribution is 2.32. The Labute approximate surface area is 197 Å². The van der Waals surface area contributed by atoms with Crippen LogP contribution in [0.5, 0.6) is 5.75 Å². The van der Waals surface area contributed by atoms with Crippen LogP contribution in [0.15, 0.2) is 21.3 Å². The van der Waals surface area contributed by atoms with E-state index in [1.165, 1.54) is 0 Å². The van der Waals surface area contributed by atoms with Crippen molar-refractivity contribution in [1.29, 1.82) is 0 Å². The summed E-state index contributed by atoms with van der Waals surface area (Å²) in [6.45, 7) is 5.28. The van der Waals surface area contributed by atoms with Crippen molar-refractivity contribution in [3.63, 3.8) is 0 Å². The van der Waals surface area contributed by atoms with Crippen molar-refractivity contribution in [3.8, 4) is 5.75 Å². The number of ether oxygens (including phenoxy) is 1. The Morgan fingerprint density at radius 2 is 1.82 bits per heavy atom. The number of hydrogen-bond acceptors (Lipinski definition) is 6. The second kappa shape index (κ2) is 11.2. The highest BCUT2D eigenvalue weighted by Gasteiger charge is 2.23. The molecule has 3 N–H and O–H groups in total. The average Bonchev–Trinajstić information content (AvgIpc) is 2.80. The van der Waals surface area contributed by atoms with E-state index >= 15 is 0 Å². The molecule has 1 atom stereocenters. The van der Waals surface area contributed by atoms with Gasteiger partial charge in [-0.25, -0.2) is 9.59 Å². The van der Waals surface area contributed by atoms with Crippen LogP contribution < -0.4 is 21.0 Å². The molecule has 1 aromatic carbocycles. The molecule has 0 radical (unpaired) electrons. The third kappa shape index (κ3) is 5.95. The number of benzene rings is 1. The number of fused-ring (bicyclic) bond motifs is 3. The summed E-state index contributed by atoms with van der Waals surface area (Å²) in [5.74, 6) is -1.55. The SMILES string of the molecule is Cc1c(OCC(=O)NCCCC(=O)NC(C(=O)O)C(C)C)ccc2c3c(c(=O)oc12)CCCC3. The maximum absolute atomic E-state index is 12.4. The minimum absolute atomic E-state index is 0.102. The molecule has 0 fully saturated rings. The van der Waals surface area contributed by atoms with Crippen molar-refractivity contribution in [2.75, 3.05) is 13.2 Å². The molecule has 184 valence electrons. The molecule has 0 spiro atoms. The zero-order valence-electron chi connectivity index (χ0n) is 19.9. The third-order valence-electron chi connectivity index (χ3n) is 6.10. The smallest absolute Gasteiger partial charge is 0.339 e. The van der Waals surface area contributed by atoms with E-state index in [2.05, 4.69) is 10.6 Å². The molecule has 1 unspecified atom stereocenters. The van der Waals surface area contributed by atoms with Crippen LogP contribution >= 0.6 is 0 Å². The number of carbonyl (C=O) groups excluding carboxylic acids is 2. The molecular weight excluding hydrogens is 440 g/mol. The lowest BCUT2D eigenvalue weighted by Gasteiger charge is -2.18. The van der Waals surface area contributed by atoms with Crippen molar-refractivity contribution in [1.82, 2.24) is 10.6 Å². The summed E-state index contributed by atoms with van der Waals surface area (Å²) in [6.07, 6.45) is 4.10. The fraction of sp³-hybridized carbons (Fsp3) is 0.520. The van der Waals surface area contributed by atoms with Crippen LogP contribution in [0.1, 0.15) is 56.2 Å². The lowest BCUT2D eigenvalue weighted by atomic mass is 9.90. The zero-order valence-corrected chi connectivity index (χ0v) is 19.9. The first-order valence-electron chi connectivity index (χ1n) is 11.7. The molecule has 0 saturated carbocycles. The summed E-state index contributed by atoms with van der Waals surface area (Å²) in [5, 5.41) is 15.2. The van der Waals surface area contributed by atoms with E-state index < -0.39 is 12.0 Å². The van der Waals surface area contributed by atoms with Gasteiger partial charge in [-0.15, -0.1) is 0 Å². The Morgan fingerprint density at radius 3 is 2.50 bits per heavy atom. The highest BCUT2D eigenvalue weighted by atomic mass is 16.5. The van der Waals surface area contributed by atoms with Gasteiger partial charge in [-0.2, -0.15) is 0 Å². The molecule has 2 aromatic rings. The minimum Gasteiger partial charge on any atom is -0.483 e. The Bertz CT molecular complexity index is 1140. The van der Waals surface area contributed by atoms with Crippen molar-refractivity contribution in [2.45, 2.75) is 65.3 Å². The molecule has 3 rings (SSSR count). The fourth-order valence-corrected chi connectivity index (χ4v) is 4.21. The number of carbonyl (C=O) groups is 3. The van der Waals surface area contributed by atoms with Gasteiger partial charge in [0.05, 0.1) is 0 Å². The molecule has 1 heterocycles. The number of hydrogen-bond donors (Lipinski definition) is 3. The third-order valence-corrected chi connectivity index (χ3v) is 6.10. The van der Waals surface area contributed by atoms with E-state index in [1.54, 1.807) is 26.8 Å². The standard InChI is InChI=1S/C25H32N2O7/c1-14(2)22(24(30)31)27-20(28)9-6-12-26-21(29)13-33-19-11-10-17-16-7-4-5-8-18(16)25(32)34-23(17)15(19)3/h10-11,14,22H,4-9,12-13H2,1-3H3,(H,26,29)(H,27,28)(H,30,31). The lowest BCUT2D eigenvalue weighted by Crippen LogP contribution is -2.44. The largest absolute Gasteiger partial charge is 0.483 e. The normalized spacial score (nSPS) is 13.9. The Morgan fingerprint density at radius 1 is 1.12 bits per heavy atom. The van der Waals surface area contributed by atoms with Crippen LogP contribution in [0, 0.1) is 12.8 Å². The average molecular weight is 473 g/mol. The van der Waals surface area contributed by atoms with Crippen LogP contribution in [0.3, 0.4) is 0 Å². The molecule has 2 amide bonds. The molecule has 1 aromatic heterocycles. The molecule has 1 aliphatic rings. The number of carboxylic acid groups (broad SMARTS) is 1. The van der Waals surface area contributed by atoms with Gasteiger partial charge in [0, 0.05) is 29.5 Å². The van der Waals surface area contributed by atoms with E-state index in [9.17, 15) is 19.2 Å². The minimum atomic E-state index is -1.07. The summed E-state index contributed by atoms with van der Waals surface area (Å²) in [6, 6.07) is 2.73. The maximum Gasteiger partial charge on any atom is 0.339 e. The number of carboxylic acids is 1.